The monoisotopic (exact) mass is 502 g/mol. The molecule has 4 aromatic rings. The predicted octanol–water partition coefficient (Wildman–Crippen LogP) is 3.87. The molecule has 0 atom stereocenters. The second-order valence-corrected chi connectivity index (χ2v) is 10.2. The Morgan fingerprint density at radius 1 is 1.03 bits per heavy atom. The van der Waals surface area contributed by atoms with Crippen molar-refractivity contribution >= 4 is 17.1 Å². The second-order valence-electron chi connectivity index (χ2n) is 10.2. The highest BCUT2D eigenvalue weighted by Crippen LogP contribution is 2.42. The highest BCUT2D eigenvalue weighted by molar-refractivity contribution is 5.89. The van der Waals surface area contributed by atoms with E-state index in [1.165, 1.54) is 6.08 Å². The number of benzene rings is 1. The zero-order valence-electron chi connectivity index (χ0n) is 20.9. The van der Waals surface area contributed by atoms with Crippen LogP contribution in [0.3, 0.4) is 0 Å². The van der Waals surface area contributed by atoms with Crippen molar-refractivity contribution in [2.45, 2.75) is 19.4 Å². The number of anilines is 1. The first-order valence-corrected chi connectivity index (χ1v) is 12.6. The standard InChI is InChI=1S/C29H26N8O/c1-2-27(38)35-19-29(20-35)17-34(18-29)25-7-5-21(6-8-25)26-11-22(16-37-28(26)23(12-31)13-33-37)24-14-32-36(15-24)10-4-3-9-30/h2,5-8,11,13-16H,1,3-4,10,17-20H2. The van der Waals surface area contributed by atoms with Gasteiger partial charge in [-0.15, -0.1) is 0 Å². The summed E-state index contributed by atoms with van der Waals surface area (Å²) in [5, 5.41) is 27.4. The summed E-state index contributed by atoms with van der Waals surface area (Å²) in [6, 6.07) is 14.9. The third-order valence-electron chi connectivity index (χ3n) is 7.51. The van der Waals surface area contributed by atoms with Gasteiger partial charge in [-0.05, 0) is 36.3 Å². The van der Waals surface area contributed by atoms with Crippen LogP contribution in [0.4, 0.5) is 5.69 Å². The van der Waals surface area contributed by atoms with Crippen LogP contribution >= 0.6 is 0 Å². The maximum absolute atomic E-state index is 11.8. The minimum atomic E-state index is 0.00919. The fraction of sp³-hybridized carbons (Fsp3) is 0.276. The second kappa shape index (κ2) is 9.20. The largest absolute Gasteiger partial charge is 0.370 e. The van der Waals surface area contributed by atoms with Gasteiger partial charge >= 0.3 is 0 Å². The van der Waals surface area contributed by atoms with Crippen LogP contribution in [0, 0.1) is 28.1 Å². The first-order valence-electron chi connectivity index (χ1n) is 12.6. The molecule has 3 aromatic heterocycles. The minimum absolute atomic E-state index is 0.00919. The lowest BCUT2D eigenvalue weighted by Gasteiger charge is -2.60. The Bertz CT molecular complexity index is 1620. The number of aryl methyl sites for hydroxylation is 1. The van der Waals surface area contributed by atoms with Crippen molar-refractivity contribution in [1.29, 1.82) is 10.5 Å². The summed E-state index contributed by atoms with van der Waals surface area (Å²) in [6.07, 6.45) is 9.95. The maximum atomic E-state index is 11.8. The lowest BCUT2D eigenvalue weighted by atomic mass is 9.72. The molecule has 1 aromatic carbocycles. The van der Waals surface area contributed by atoms with Crippen molar-refractivity contribution in [3.05, 3.63) is 73.3 Å². The molecule has 2 aliphatic rings. The number of pyridine rings is 1. The number of unbranched alkanes of at least 4 members (excludes halogenated alkanes) is 1. The number of carbonyl (C=O) groups is 1. The Labute approximate surface area is 220 Å². The van der Waals surface area contributed by atoms with Crippen LogP contribution in [0.2, 0.25) is 0 Å². The molecule has 1 amide bonds. The number of carbonyl (C=O) groups excluding carboxylic acids is 1. The van der Waals surface area contributed by atoms with Crippen LogP contribution in [-0.2, 0) is 11.3 Å². The summed E-state index contributed by atoms with van der Waals surface area (Å²) in [6.45, 7) is 7.73. The number of likely N-dealkylation sites (tertiary alicyclic amines) is 1. The molecule has 0 bridgehead atoms. The molecule has 188 valence electrons. The average molecular weight is 503 g/mol. The summed E-state index contributed by atoms with van der Waals surface area (Å²) in [5.41, 5.74) is 6.48. The van der Waals surface area contributed by atoms with E-state index in [1.807, 2.05) is 28.2 Å². The minimum Gasteiger partial charge on any atom is -0.370 e. The number of amides is 1. The number of fused-ring (bicyclic) bond motifs is 1. The van der Waals surface area contributed by atoms with Crippen molar-refractivity contribution < 1.29 is 4.79 Å². The highest BCUT2D eigenvalue weighted by Gasteiger charge is 2.52. The molecule has 0 aliphatic carbocycles. The molecule has 2 saturated heterocycles. The van der Waals surface area contributed by atoms with Gasteiger partial charge in [0.1, 0.15) is 6.07 Å². The molecular weight excluding hydrogens is 476 g/mol. The Hall–Kier alpha value is -4.89. The molecule has 9 heteroatoms. The molecule has 0 unspecified atom stereocenters. The Morgan fingerprint density at radius 3 is 2.53 bits per heavy atom. The SMILES string of the molecule is C=CC(=O)N1CC2(C1)CN(c1ccc(-c3cc(-c4cnn(CCCC#N)c4)cn4ncc(C#N)c34)cc1)C2. The van der Waals surface area contributed by atoms with Crippen molar-refractivity contribution in [3.8, 4) is 34.4 Å². The van der Waals surface area contributed by atoms with Gasteiger partial charge < -0.3 is 9.80 Å². The normalized spacial score (nSPS) is 15.5. The van der Waals surface area contributed by atoms with Crippen molar-refractivity contribution in [2.75, 3.05) is 31.1 Å². The van der Waals surface area contributed by atoms with E-state index in [1.54, 1.807) is 10.7 Å². The summed E-state index contributed by atoms with van der Waals surface area (Å²) in [7, 11) is 0. The smallest absolute Gasteiger partial charge is 0.245 e. The van der Waals surface area contributed by atoms with Gasteiger partial charge in [0.05, 0.1) is 29.5 Å². The van der Waals surface area contributed by atoms with Crippen LogP contribution in [-0.4, -0.2) is 56.4 Å². The number of nitrogens with zero attached hydrogens (tertiary/aromatic N) is 8. The zero-order chi connectivity index (χ0) is 26.3. The average Bonchev–Trinajstić information content (AvgIpc) is 3.54. The van der Waals surface area contributed by atoms with Crippen molar-refractivity contribution in [2.24, 2.45) is 5.41 Å². The molecule has 0 radical (unpaired) electrons. The van der Waals surface area contributed by atoms with E-state index in [0.717, 1.165) is 66.1 Å². The van der Waals surface area contributed by atoms with Crippen LogP contribution in [0.1, 0.15) is 18.4 Å². The molecule has 38 heavy (non-hydrogen) atoms. The number of hydrogen-bond acceptors (Lipinski definition) is 6. The maximum Gasteiger partial charge on any atom is 0.245 e. The lowest BCUT2D eigenvalue weighted by Crippen LogP contribution is -2.73. The van der Waals surface area contributed by atoms with E-state index in [2.05, 4.69) is 64.1 Å². The van der Waals surface area contributed by atoms with Crippen LogP contribution < -0.4 is 4.90 Å². The van der Waals surface area contributed by atoms with E-state index in [9.17, 15) is 10.1 Å². The van der Waals surface area contributed by atoms with Gasteiger partial charge in [0, 0.05) is 79.3 Å². The van der Waals surface area contributed by atoms with E-state index in [4.69, 9.17) is 5.26 Å². The van der Waals surface area contributed by atoms with Crippen LogP contribution in [0.15, 0.2) is 67.8 Å². The van der Waals surface area contributed by atoms with Gasteiger partial charge in [-0.2, -0.15) is 20.7 Å². The number of nitriles is 2. The summed E-state index contributed by atoms with van der Waals surface area (Å²) in [4.78, 5) is 16.0. The molecule has 0 N–H and O–H groups in total. The molecule has 9 nitrogen and oxygen atoms in total. The van der Waals surface area contributed by atoms with E-state index >= 15 is 0 Å². The molecule has 2 aliphatic heterocycles. The van der Waals surface area contributed by atoms with Crippen LogP contribution in [0.25, 0.3) is 27.8 Å². The van der Waals surface area contributed by atoms with Gasteiger partial charge in [0.2, 0.25) is 5.91 Å². The van der Waals surface area contributed by atoms with Crippen molar-refractivity contribution in [3.63, 3.8) is 0 Å². The quantitative estimate of drug-likeness (QED) is 0.281. The highest BCUT2D eigenvalue weighted by atomic mass is 16.2. The zero-order valence-corrected chi connectivity index (χ0v) is 20.9. The molecule has 6 rings (SSSR count). The Kier molecular flexibility index (Phi) is 5.69. The summed E-state index contributed by atoms with van der Waals surface area (Å²) in [5.74, 6) is 0.00919. The third-order valence-corrected chi connectivity index (χ3v) is 7.51. The fourth-order valence-electron chi connectivity index (χ4n) is 5.58. The number of hydrogen-bond donors (Lipinski definition) is 0. The Morgan fingerprint density at radius 2 is 1.82 bits per heavy atom. The molecule has 5 heterocycles. The fourth-order valence-corrected chi connectivity index (χ4v) is 5.58. The molecule has 1 spiro atoms. The van der Waals surface area contributed by atoms with Crippen LogP contribution in [0.5, 0.6) is 0 Å². The molecule has 2 fully saturated rings. The van der Waals surface area contributed by atoms with E-state index in [0.29, 0.717) is 18.5 Å². The van der Waals surface area contributed by atoms with Gasteiger partial charge in [-0.25, -0.2) is 4.52 Å². The first kappa shape index (κ1) is 23.5. The number of aromatic nitrogens is 4. The van der Waals surface area contributed by atoms with Gasteiger partial charge in [-0.3, -0.25) is 9.48 Å². The lowest BCUT2D eigenvalue weighted by molar-refractivity contribution is -0.139. The van der Waals surface area contributed by atoms with E-state index < -0.39 is 0 Å². The Balaban J connectivity index is 1.25. The molecular formula is C29H26N8O. The number of rotatable bonds is 7. The summed E-state index contributed by atoms with van der Waals surface area (Å²) < 4.78 is 3.61. The predicted molar refractivity (Wildman–Crippen MR) is 143 cm³/mol. The summed E-state index contributed by atoms with van der Waals surface area (Å²) >= 11 is 0. The van der Waals surface area contributed by atoms with Gasteiger partial charge in [0.25, 0.3) is 0 Å². The molecule has 0 saturated carbocycles. The topological polar surface area (TPSA) is 106 Å². The van der Waals surface area contributed by atoms with Crippen molar-refractivity contribution in [1.82, 2.24) is 24.3 Å². The van der Waals surface area contributed by atoms with E-state index in [-0.39, 0.29) is 11.3 Å². The van der Waals surface area contributed by atoms with Gasteiger partial charge in [0.15, 0.2) is 0 Å². The third kappa shape index (κ3) is 3.99. The van der Waals surface area contributed by atoms with Gasteiger partial charge in [-0.1, -0.05) is 18.7 Å². The first-order chi connectivity index (χ1) is 18.5.